The molecule has 0 spiro atoms. The number of aromatic nitrogens is 2. The maximum atomic E-state index is 11.7. The van der Waals surface area contributed by atoms with Crippen molar-refractivity contribution in [3.05, 3.63) is 17.5 Å². The van der Waals surface area contributed by atoms with E-state index in [0.717, 1.165) is 25.0 Å². The Morgan fingerprint density at radius 2 is 2.50 bits per heavy atom. The summed E-state index contributed by atoms with van der Waals surface area (Å²) in [6.45, 7) is 2.36. The molecule has 2 unspecified atom stereocenters. The number of hydrogen-bond acceptors (Lipinski definition) is 3. The lowest BCUT2D eigenvalue weighted by molar-refractivity contribution is 0.0916. The van der Waals surface area contributed by atoms with Crippen LogP contribution in [0.5, 0.6) is 0 Å². The summed E-state index contributed by atoms with van der Waals surface area (Å²) in [6, 6.07) is 0. The fourth-order valence-electron chi connectivity index (χ4n) is 2.15. The zero-order chi connectivity index (χ0) is 11.5. The molecule has 1 fully saturated rings. The van der Waals surface area contributed by atoms with Crippen LogP contribution in [0.2, 0.25) is 0 Å². The lowest BCUT2D eigenvalue weighted by Gasteiger charge is -2.14. The van der Waals surface area contributed by atoms with Gasteiger partial charge < -0.3 is 10.4 Å². The molecule has 1 saturated carbocycles. The third kappa shape index (κ3) is 2.24. The summed E-state index contributed by atoms with van der Waals surface area (Å²) >= 11 is 0. The summed E-state index contributed by atoms with van der Waals surface area (Å²) in [5.74, 6) is 0.0847. The van der Waals surface area contributed by atoms with Gasteiger partial charge in [0.1, 0.15) is 0 Å². The van der Waals surface area contributed by atoms with Crippen molar-refractivity contribution in [1.82, 2.24) is 15.5 Å². The highest BCUT2D eigenvalue weighted by molar-refractivity contribution is 5.94. The normalized spacial score (nSPS) is 24.6. The van der Waals surface area contributed by atoms with Gasteiger partial charge in [0.05, 0.1) is 17.9 Å². The number of hydrogen-bond donors (Lipinski definition) is 3. The van der Waals surface area contributed by atoms with Crippen LogP contribution in [-0.4, -0.2) is 33.9 Å². The van der Waals surface area contributed by atoms with Gasteiger partial charge in [0.2, 0.25) is 0 Å². The molecule has 1 aromatic heterocycles. The van der Waals surface area contributed by atoms with Crippen molar-refractivity contribution in [1.29, 1.82) is 0 Å². The number of aliphatic hydroxyl groups is 1. The highest BCUT2D eigenvalue weighted by Gasteiger charge is 2.25. The van der Waals surface area contributed by atoms with E-state index in [0.29, 0.717) is 12.1 Å². The number of nitrogens with one attached hydrogen (secondary N) is 2. The van der Waals surface area contributed by atoms with E-state index in [1.165, 1.54) is 6.20 Å². The third-order valence-corrected chi connectivity index (χ3v) is 3.22. The van der Waals surface area contributed by atoms with Gasteiger partial charge in [0.15, 0.2) is 0 Å². The van der Waals surface area contributed by atoms with Gasteiger partial charge in [0, 0.05) is 18.2 Å². The van der Waals surface area contributed by atoms with Crippen LogP contribution in [0.4, 0.5) is 0 Å². The Morgan fingerprint density at radius 1 is 1.69 bits per heavy atom. The summed E-state index contributed by atoms with van der Waals surface area (Å²) in [7, 11) is 0. The van der Waals surface area contributed by atoms with E-state index < -0.39 is 0 Å². The topological polar surface area (TPSA) is 78.0 Å². The first-order valence-electron chi connectivity index (χ1n) is 5.64. The summed E-state index contributed by atoms with van der Waals surface area (Å²) in [6.07, 6.45) is 4.16. The number of carbonyl (C=O) groups excluding carboxylic acids is 1. The Hall–Kier alpha value is -1.36. The predicted octanol–water partition coefficient (Wildman–Crippen LogP) is 0.609. The molecule has 0 saturated heterocycles. The van der Waals surface area contributed by atoms with Crippen molar-refractivity contribution < 1.29 is 9.90 Å². The van der Waals surface area contributed by atoms with Crippen LogP contribution in [0.3, 0.4) is 0 Å². The molecule has 5 heteroatoms. The first-order valence-corrected chi connectivity index (χ1v) is 5.64. The highest BCUT2D eigenvalue weighted by atomic mass is 16.3. The number of aromatic amines is 1. The number of carbonyl (C=O) groups is 1. The summed E-state index contributed by atoms with van der Waals surface area (Å²) in [5, 5.41) is 19.0. The first kappa shape index (κ1) is 11.1. The third-order valence-electron chi connectivity index (χ3n) is 3.22. The fourth-order valence-corrected chi connectivity index (χ4v) is 2.15. The molecule has 0 radical (unpaired) electrons. The molecular formula is C11H17N3O2. The molecule has 0 bridgehead atoms. The van der Waals surface area contributed by atoms with Gasteiger partial charge in [-0.05, 0) is 19.8 Å². The average molecular weight is 223 g/mol. The molecular weight excluding hydrogens is 206 g/mol. The molecule has 2 rings (SSSR count). The van der Waals surface area contributed by atoms with E-state index in [4.69, 9.17) is 0 Å². The second kappa shape index (κ2) is 4.65. The highest BCUT2D eigenvalue weighted by Crippen LogP contribution is 2.24. The van der Waals surface area contributed by atoms with E-state index in [9.17, 15) is 9.90 Å². The molecule has 5 nitrogen and oxygen atoms in total. The van der Waals surface area contributed by atoms with E-state index in [2.05, 4.69) is 15.5 Å². The van der Waals surface area contributed by atoms with Crippen LogP contribution in [0.15, 0.2) is 6.20 Å². The zero-order valence-corrected chi connectivity index (χ0v) is 9.36. The molecule has 1 aliphatic carbocycles. The number of H-pyrrole nitrogens is 1. The minimum atomic E-state index is -0.259. The molecule has 3 N–H and O–H groups in total. The quantitative estimate of drug-likeness (QED) is 0.702. The van der Waals surface area contributed by atoms with Gasteiger partial charge in [-0.15, -0.1) is 0 Å². The van der Waals surface area contributed by atoms with Gasteiger partial charge in [-0.1, -0.05) is 6.42 Å². The molecule has 16 heavy (non-hydrogen) atoms. The monoisotopic (exact) mass is 223 g/mol. The maximum Gasteiger partial charge on any atom is 0.254 e. The summed E-state index contributed by atoms with van der Waals surface area (Å²) in [4.78, 5) is 11.7. The Balaban J connectivity index is 1.86. The van der Waals surface area contributed by atoms with Crippen molar-refractivity contribution in [3.63, 3.8) is 0 Å². The lowest BCUT2D eigenvalue weighted by Crippen LogP contribution is -2.32. The number of nitrogens with zero attached hydrogens (tertiary/aromatic N) is 1. The van der Waals surface area contributed by atoms with Gasteiger partial charge in [-0.2, -0.15) is 5.10 Å². The van der Waals surface area contributed by atoms with Crippen molar-refractivity contribution in [2.75, 3.05) is 6.54 Å². The number of aryl methyl sites for hydroxylation is 1. The Morgan fingerprint density at radius 3 is 3.06 bits per heavy atom. The maximum absolute atomic E-state index is 11.7. The van der Waals surface area contributed by atoms with Crippen LogP contribution in [-0.2, 0) is 0 Å². The Labute approximate surface area is 94.2 Å². The van der Waals surface area contributed by atoms with Gasteiger partial charge >= 0.3 is 0 Å². The second-order valence-electron chi connectivity index (χ2n) is 4.38. The van der Waals surface area contributed by atoms with Gasteiger partial charge in [-0.25, -0.2) is 0 Å². The van der Waals surface area contributed by atoms with E-state index in [-0.39, 0.29) is 17.9 Å². The molecule has 0 aliphatic heterocycles. The van der Waals surface area contributed by atoms with E-state index >= 15 is 0 Å². The lowest BCUT2D eigenvalue weighted by atomic mass is 10.1. The number of rotatable bonds is 3. The summed E-state index contributed by atoms with van der Waals surface area (Å²) in [5.41, 5.74) is 1.34. The van der Waals surface area contributed by atoms with Crippen molar-refractivity contribution >= 4 is 5.91 Å². The molecule has 1 heterocycles. The average Bonchev–Trinajstić information content (AvgIpc) is 2.84. The number of amides is 1. The van der Waals surface area contributed by atoms with Gasteiger partial charge in [0.25, 0.3) is 5.91 Å². The smallest absolute Gasteiger partial charge is 0.254 e. The van der Waals surface area contributed by atoms with Crippen LogP contribution >= 0.6 is 0 Å². The van der Waals surface area contributed by atoms with Crippen LogP contribution in [0.1, 0.15) is 35.3 Å². The SMILES string of the molecule is Cc1[nH]ncc1C(=O)NCC1CCCC1O. The van der Waals surface area contributed by atoms with Crippen molar-refractivity contribution in [2.24, 2.45) is 5.92 Å². The number of aliphatic hydroxyl groups excluding tert-OH is 1. The van der Waals surface area contributed by atoms with E-state index in [1.807, 2.05) is 6.92 Å². The second-order valence-corrected chi connectivity index (χ2v) is 4.38. The molecule has 88 valence electrons. The molecule has 1 aliphatic rings. The molecule has 2 atom stereocenters. The largest absolute Gasteiger partial charge is 0.393 e. The van der Waals surface area contributed by atoms with Crippen molar-refractivity contribution in [3.8, 4) is 0 Å². The Bertz CT molecular complexity index is 375. The van der Waals surface area contributed by atoms with Gasteiger partial charge in [-0.3, -0.25) is 9.89 Å². The minimum Gasteiger partial charge on any atom is -0.393 e. The van der Waals surface area contributed by atoms with Crippen molar-refractivity contribution in [2.45, 2.75) is 32.3 Å². The Kier molecular flexibility index (Phi) is 3.24. The standard InChI is InChI=1S/C11H17N3O2/c1-7-9(6-13-14-7)11(16)12-5-8-3-2-4-10(8)15/h6,8,10,15H,2-5H2,1H3,(H,12,16)(H,13,14). The molecule has 1 aromatic rings. The van der Waals surface area contributed by atoms with E-state index in [1.54, 1.807) is 0 Å². The fraction of sp³-hybridized carbons (Fsp3) is 0.636. The predicted molar refractivity (Wildman–Crippen MR) is 59.0 cm³/mol. The first-order chi connectivity index (χ1) is 7.68. The molecule has 1 amide bonds. The minimum absolute atomic E-state index is 0.120. The summed E-state index contributed by atoms with van der Waals surface area (Å²) < 4.78 is 0. The zero-order valence-electron chi connectivity index (χ0n) is 9.36. The molecule has 0 aromatic carbocycles. The van der Waals surface area contributed by atoms with Crippen LogP contribution in [0.25, 0.3) is 0 Å². The van der Waals surface area contributed by atoms with Crippen LogP contribution in [0, 0.1) is 12.8 Å². The van der Waals surface area contributed by atoms with Crippen LogP contribution < -0.4 is 5.32 Å².